The fraction of sp³-hybridized carbons (Fsp3) is 0.538. The summed E-state index contributed by atoms with van der Waals surface area (Å²) in [6, 6.07) is 14.0. The molecule has 356 valence electrons. The van der Waals surface area contributed by atoms with Gasteiger partial charge < -0.3 is 9.80 Å². The molecule has 2 saturated heterocycles. The van der Waals surface area contributed by atoms with Crippen molar-refractivity contribution in [3.63, 3.8) is 0 Å². The van der Waals surface area contributed by atoms with Crippen molar-refractivity contribution in [2.45, 2.75) is 116 Å². The van der Waals surface area contributed by atoms with Crippen LogP contribution < -0.4 is 9.80 Å². The fourth-order valence-electron chi connectivity index (χ4n) is 12.9. The molecule has 8 atom stereocenters. The highest BCUT2D eigenvalue weighted by atomic mass is 35.5. The van der Waals surface area contributed by atoms with Crippen molar-refractivity contribution in [3.05, 3.63) is 128 Å². The second-order valence-corrected chi connectivity index (χ2v) is 21.4. The Morgan fingerprint density at radius 2 is 0.941 bits per heavy atom. The van der Waals surface area contributed by atoms with Gasteiger partial charge in [0.15, 0.2) is 11.6 Å². The van der Waals surface area contributed by atoms with Gasteiger partial charge in [-0.1, -0.05) is 36.0 Å². The summed E-state index contributed by atoms with van der Waals surface area (Å²) in [6.07, 6.45) is 16.9. The van der Waals surface area contributed by atoms with Crippen molar-refractivity contribution in [1.29, 1.82) is 0 Å². The SMILES string of the molecule is Cc1cc(N2C[C@H]3CC[C@@H](C2)C3Cc2nc3n(n2)CCCC[C@@H]3c2cc(F)cc(Cl)c2)cnn1.Cc1cc(N2C[C@H]3CC[C@@H](C2)C3Cc2nc3n(n2)CCCC[C@H]3c2cc(F)cc(Cl)c2)cnn1. The number of benzene rings is 2. The predicted octanol–water partition coefficient (Wildman–Crippen LogP) is 10.4. The Bertz CT molecular complexity index is 2510. The number of aryl methyl sites for hydroxylation is 4. The second kappa shape index (κ2) is 19.4. The molecule has 0 N–H and O–H groups in total. The third-order valence-corrected chi connectivity index (χ3v) is 16.5. The van der Waals surface area contributed by atoms with E-state index in [0.717, 1.165) is 136 Å². The van der Waals surface area contributed by atoms with Gasteiger partial charge in [0, 0.05) is 74.0 Å². The van der Waals surface area contributed by atoms with Crippen LogP contribution in [-0.2, 0) is 25.9 Å². The van der Waals surface area contributed by atoms with Crippen molar-refractivity contribution < 1.29 is 8.78 Å². The molecule has 4 aromatic heterocycles. The highest BCUT2D eigenvalue weighted by molar-refractivity contribution is 6.31. The molecule has 2 aromatic carbocycles. The van der Waals surface area contributed by atoms with Gasteiger partial charge >= 0.3 is 0 Å². The lowest BCUT2D eigenvalue weighted by Gasteiger charge is -2.39. The normalized spacial score (nSPS) is 26.4. The standard InChI is InChI=1S/2C26H30ClFN6/c2*1-16-8-22(13-29-31-16)33-14-17-5-6-18(15-33)24(17)12-25-30-26-23(4-2-3-7-34(26)32-25)19-9-20(27)11-21(28)10-19/h2*8-11,13,17-18,23-24H,2-7,12,14-15H2,1H3/t2*17-,18+,23-,24?/m10/s1. The van der Waals surface area contributed by atoms with Crippen LogP contribution in [0.15, 0.2) is 60.9 Å². The van der Waals surface area contributed by atoms with Gasteiger partial charge in [-0.25, -0.2) is 28.1 Å². The molecular weight excluding hydrogens is 902 g/mol. The summed E-state index contributed by atoms with van der Waals surface area (Å²) in [5.74, 6) is 7.14. The summed E-state index contributed by atoms with van der Waals surface area (Å²) in [5.41, 5.74) is 6.11. The number of hydrogen-bond acceptors (Lipinski definition) is 10. The fourth-order valence-corrected chi connectivity index (χ4v) is 13.4. The lowest BCUT2D eigenvalue weighted by atomic mass is 9.82. The summed E-state index contributed by atoms with van der Waals surface area (Å²) < 4.78 is 32.4. The Balaban J connectivity index is 0.000000149. The monoisotopic (exact) mass is 960 g/mol. The molecule has 8 heterocycles. The van der Waals surface area contributed by atoms with Crippen molar-refractivity contribution in [2.75, 3.05) is 36.0 Å². The molecule has 4 bridgehead atoms. The Labute approximate surface area is 407 Å². The first-order valence-electron chi connectivity index (χ1n) is 24.9. The number of hydrogen-bond donors (Lipinski definition) is 0. The molecule has 2 aliphatic carbocycles. The smallest absolute Gasteiger partial charge is 0.151 e. The first kappa shape index (κ1) is 45.4. The van der Waals surface area contributed by atoms with E-state index in [4.69, 9.17) is 43.4 Å². The van der Waals surface area contributed by atoms with E-state index in [2.05, 4.69) is 51.7 Å². The molecule has 6 aliphatic rings. The Morgan fingerprint density at radius 3 is 1.32 bits per heavy atom. The summed E-state index contributed by atoms with van der Waals surface area (Å²) in [4.78, 5) is 15.1. The average molecular weight is 962 g/mol. The van der Waals surface area contributed by atoms with E-state index in [1.54, 1.807) is 12.1 Å². The Hall–Kier alpha value is -5.08. The molecule has 12 nitrogen and oxygen atoms in total. The van der Waals surface area contributed by atoms with Crippen LogP contribution in [0.5, 0.6) is 0 Å². The van der Waals surface area contributed by atoms with Crippen LogP contribution in [0, 0.1) is 61.0 Å². The average Bonchev–Trinajstić information content (AvgIpc) is 3.91. The maximum atomic E-state index is 14.1. The topological polar surface area (TPSA) is 119 Å². The van der Waals surface area contributed by atoms with Crippen LogP contribution in [0.3, 0.4) is 0 Å². The van der Waals surface area contributed by atoms with Crippen LogP contribution in [0.4, 0.5) is 20.2 Å². The Morgan fingerprint density at radius 1 is 0.529 bits per heavy atom. The minimum Gasteiger partial charge on any atom is -0.370 e. The predicted molar refractivity (Wildman–Crippen MR) is 259 cm³/mol. The van der Waals surface area contributed by atoms with Crippen molar-refractivity contribution in [1.82, 2.24) is 49.9 Å². The molecule has 4 fully saturated rings. The lowest BCUT2D eigenvalue weighted by molar-refractivity contribution is 0.265. The first-order valence-corrected chi connectivity index (χ1v) is 25.7. The quantitative estimate of drug-likeness (QED) is 0.146. The van der Waals surface area contributed by atoms with Crippen LogP contribution in [0.2, 0.25) is 10.0 Å². The zero-order valence-electron chi connectivity index (χ0n) is 39.0. The molecule has 2 saturated carbocycles. The van der Waals surface area contributed by atoms with Gasteiger partial charge in [0.25, 0.3) is 0 Å². The molecule has 12 rings (SSSR count). The maximum Gasteiger partial charge on any atom is 0.151 e. The first-order chi connectivity index (χ1) is 33.1. The van der Waals surface area contributed by atoms with Crippen LogP contribution in [0.1, 0.15) is 122 Å². The number of piperidine rings is 2. The number of halogens is 4. The molecule has 4 aliphatic heterocycles. The van der Waals surface area contributed by atoms with Crippen molar-refractivity contribution in [3.8, 4) is 0 Å². The minimum absolute atomic E-state index is 0.0398. The van der Waals surface area contributed by atoms with E-state index < -0.39 is 0 Å². The molecule has 16 heteroatoms. The zero-order valence-corrected chi connectivity index (χ0v) is 40.5. The molecule has 2 unspecified atom stereocenters. The van der Waals surface area contributed by atoms with Gasteiger partial charge in [-0.3, -0.25) is 0 Å². The molecule has 0 spiro atoms. The van der Waals surface area contributed by atoms with Gasteiger partial charge in [-0.05, 0) is 160 Å². The van der Waals surface area contributed by atoms with Gasteiger partial charge in [-0.2, -0.15) is 30.6 Å². The van der Waals surface area contributed by atoms with E-state index in [9.17, 15) is 8.78 Å². The second-order valence-electron chi connectivity index (χ2n) is 20.6. The largest absolute Gasteiger partial charge is 0.370 e. The van der Waals surface area contributed by atoms with Crippen molar-refractivity contribution in [2.24, 2.45) is 35.5 Å². The number of aromatic nitrogens is 10. The number of nitrogens with zero attached hydrogens (tertiary/aromatic N) is 12. The van der Waals surface area contributed by atoms with E-state index in [1.807, 2.05) is 38.4 Å². The van der Waals surface area contributed by atoms with Gasteiger partial charge in [0.2, 0.25) is 0 Å². The van der Waals surface area contributed by atoms with Crippen molar-refractivity contribution >= 4 is 34.6 Å². The Kier molecular flexibility index (Phi) is 12.9. The van der Waals surface area contributed by atoms with E-state index in [0.29, 0.717) is 45.6 Å². The number of rotatable bonds is 8. The summed E-state index contributed by atoms with van der Waals surface area (Å²) in [5, 5.41) is 27.3. The number of anilines is 2. The third kappa shape index (κ3) is 9.60. The highest BCUT2D eigenvalue weighted by Crippen LogP contribution is 2.46. The highest BCUT2D eigenvalue weighted by Gasteiger charge is 2.44. The third-order valence-electron chi connectivity index (χ3n) is 16.1. The maximum absolute atomic E-state index is 14.1. The molecule has 6 aromatic rings. The molecule has 68 heavy (non-hydrogen) atoms. The zero-order chi connectivity index (χ0) is 46.5. The van der Waals surface area contributed by atoms with Crippen LogP contribution in [-0.4, -0.2) is 76.1 Å². The van der Waals surface area contributed by atoms with E-state index in [1.165, 1.54) is 49.2 Å². The molecule has 0 amide bonds. The summed E-state index contributed by atoms with van der Waals surface area (Å²) in [6.45, 7) is 9.99. The van der Waals surface area contributed by atoms with Crippen LogP contribution >= 0.6 is 23.2 Å². The summed E-state index contributed by atoms with van der Waals surface area (Å²) >= 11 is 12.4. The van der Waals surface area contributed by atoms with Gasteiger partial charge in [-0.15, -0.1) is 0 Å². The minimum atomic E-state index is -0.291. The number of fused-ring (bicyclic) bond motifs is 6. The molecule has 0 radical (unpaired) electrons. The lowest BCUT2D eigenvalue weighted by Crippen LogP contribution is -2.43. The van der Waals surface area contributed by atoms with Gasteiger partial charge in [0.1, 0.15) is 23.3 Å². The van der Waals surface area contributed by atoms with E-state index in [-0.39, 0.29) is 23.5 Å². The van der Waals surface area contributed by atoms with E-state index >= 15 is 0 Å². The van der Waals surface area contributed by atoms with Crippen LogP contribution in [0.25, 0.3) is 0 Å². The molecular formula is C52H60Cl2F2N12. The van der Waals surface area contributed by atoms with Gasteiger partial charge in [0.05, 0.1) is 35.2 Å². The summed E-state index contributed by atoms with van der Waals surface area (Å²) in [7, 11) is 0.